The second kappa shape index (κ2) is 3.81. The van der Waals surface area contributed by atoms with E-state index in [1.54, 1.807) is 25.7 Å². The Labute approximate surface area is 76.7 Å². The minimum atomic E-state index is 1.12. The SMILES string of the molecule is CCC1CCC1CC1CCCC1. The van der Waals surface area contributed by atoms with E-state index in [1.165, 1.54) is 25.7 Å². The fourth-order valence-electron chi connectivity index (χ4n) is 3.16. The third-order valence-electron chi connectivity index (χ3n) is 4.21. The van der Waals surface area contributed by atoms with Gasteiger partial charge >= 0.3 is 0 Å². The molecule has 2 saturated carbocycles. The van der Waals surface area contributed by atoms with E-state index in [2.05, 4.69) is 6.92 Å². The van der Waals surface area contributed by atoms with Gasteiger partial charge in [0.1, 0.15) is 0 Å². The molecule has 0 aromatic rings. The van der Waals surface area contributed by atoms with Gasteiger partial charge in [0.05, 0.1) is 0 Å². The summed E-state index contributed by atoms with van der Waals surface area (Å²) < 4.78 is 0. The average Bonchev–Trinajstić information content (AvgIpc) is 2.51. The van der Waals surface area contributed by atoms with Crippen molar-refractivity contribution in [2.75, 3.05) is 0 Å². The van der Waals surface area contributed by atoms with E-state index in [0.717, 1.165) is 17.8 Å². The zero-order chi connectivity index (χ0) is 8.39. The summed E-state index contributed by atoms with van der Waals surface area (Å²) >= 11 is 0. The highest BCUT2D eigenvalue weighted by Crippen LogP contribution is 2.43. The number of hydrogen-bond donors (Lipinski definition) is 0. The standard InChI is InChI=1S/C12H22/c1-2-11-7-8-12(11)9-10-5-3-4-6-10/h10-12H,2-9H2,1H3. The number of rotatable bonds is 3. The molecule has 0 heterocycles. The van der Waals surface area contributed by atoms with Crippen LogP contribution in [0.3, 0.4) is 0 Å². The zero-order valence-corrected chi connectivity index (χ0v) is 8.39. The van der Waals surface area contributed by atoms with Crippen molar-refractivity contribution in [2.45, 2.75) is 58.3 Å². The molecule has 0 bridgehead atoms. The molecular weight excluding hydrogens is 144 g/mol. The monoisotopic (exact) mass is 166 g/mol. The van der Waals surface area contributed by atoms with Gasteiger partial charge in [-0.15, -0.1) is 0 Å². The highest BCUT2D eigenvalue weighted by molar-refractivity contribution is 4.83. The molecule has 2 rings (SSSR count). The minimum absolute atomic E-state index is 1.12. The van der Waals surface area contributed by atoms with Crippen molar-refractivity contribution < 1.29 is 0 Å². The van der Waals surface area contributed by atoms with Gasteiger partial charge in [0.25, 0.3) is 0 Å². The second-order valence-electron chi connectivity index (χ2n) is 4.89. The lowest BCUT2D eigenvalue weighted by molar-refractivity contribution is 0.136. The van der Waals surface area contributed by atoms with Crippen molar-refractivity contribution >= 4 is 0 Å². The molecule has 0 aliphatic heterocycles. The highest BCUT2D eigenvalue weighted by atomic mass is 14.4. The van der Waals surface area contributed by atoms with Crippen LogP contribution >= 0.6 is 0 Å². The lowest BCUT2D eigenvalue weighted by Gasteiger charge is -2.37. The van der Waals surface area contributed by atoms with Crippen molar-refractivity contribution in [3.8, 4) is 0 Å². The van der Waals surface area contributed by atoms with Crippen LogP contribution in [0, 0.1) is 17.8 Å². The summed E-state index contributed by atoms with van der Waals surface area (Å²) in [7, 11) is 0. The van der Waals surface area contributed by atoms with Gasteiger partial charge in [-0.05, 0) is 37.0 Å². The first kappa shape index (κ1) is 8.59. The van der Waals surface area contributed by atoms with Crippen LogP contribution in [0.25, 0.3) is 0 Å². The minimum Gasteiger partial charge on any atom is -0.0651 e. The summed E-state index contributed by atoms with van der Waals surface area (Å²) in [5.74, 6) is 3.38. The van der Waals surface area contributed by atoms with Gasteiger partial charge in [0.15, 0.2) is 0 Å². The summed E-state index contributed by atoms with van der Waals surface area (Å²) in [5, 5.41) is 0. The summed E-state index contributed by atoms with van der Waals surface area (Å²) in [5.41, 5.74) is 0. The molecule has 2 fully saturated rings. The molecule has 0 spiro atoms. The van der Waals surface area contributed by atoms with Crippen molar-refractivity contribution in [3.05, 3.63) is 0 Å². The Hall–Kier alpha value is 0. The average molecular weight is 166 g/mol. The van der Waals surface area contributed by atoms with Crippen LogP contribution in [0.2, 0.25) is 0 Å². The molecule has 2 unspecified atom stereocenters. The van der Waals surface area contributed by atoms with Crippen LogP contribution in [-0.4, -0.2) is 0 Å². The molecular formula is C12H22. The van der Waals surface area contributed by atoms with E-state index >= 15 is 0 Å². The van der Waals surface area contributed by atoms with Gasteiger partial charge in [-0.3, -0.25) is 0 Å². The Bertz CT molecular complexity index is 131. The summed E-state index contributed by atoms with van der Waals surface area (Å²) in [6.07, 6.45) is 12.3. The molecule has 0 radical (unpaired) electrons. The van der Waals surface area contributed by atoms with Gasteiger partial charge in [0.2, 0.25) is 0 Å². The second-order valence-corrected chi connectivity index (χ2v) is 4.89. The Morgan fingerprint density at radius 3 is 2.08 bits per heavy atom. The van der Waals surface area contributed by atoms with Crippen molar-refractivity contribution in [3.63, 3.8) is 0 Å². The molecule has 70 valence electrons. The topological polar surface area (TPSA) is 0 Å². The van der Waals surface area contributed by atoms with Crippen LogP contribution in [0.5, 0.6) is 0 Å². The highest BCUT2D eigenvalue weighted by Gasteiger charge is 2.31. The molecule has 12 heavy (non-hydrogen) atoms. The Balaban J connectivity index is 1.71. The lowest BCUT2D eigenvalue weighted by atomic mass is 9.68. The molecule has 0 aromatic heterocycles. The molecule has 2 aliphatic rings. The maximum atomic E-state index is 2.37. The lowest BCUT2D eigenvalue weighted by Crippen LogP contribution is -2.26. The van der Waals surface area contributed by atoms with E-state index in [0.29, 0.717) is 0 Å². The molecule has 2 atom stereocenters. The van der Waals surface area contributed by atoms with E-state index in [9.17, 15) is 0 Å². The van der Waals surface area contributed by atoms with Gasteiger partial charge in [-0.25, -0.2) is 0 Å². The maximum Gasteiger partial charge on any atom is -0.0383 e. The predicted octanol–water partition coefficient (Wildman–Crippen LogP) is 4.00. The number of hydrogen-bond acceptors (Lipinski definition) is 0. The largest absolute Gasteiger partial charge is 0.0651 e. The first-order valence-electron chi connectivity index (χ1n) is 5.90. The zero-order valence-electron chi connectivity index (χ0n) is 8.39. The molecule has 2 aliphatic carbocycles. The van der Waals surface area contributed by atoms with Crippen LogP contribution in [0.4, 0.5) is 0 Å². The third kappa shape index (κ3) is 1.67. The van der Waals surface area contributed by atoms with Crippen molar-refractivity contribution in [1.29, 1.82) is 0 Å². The predicted molar refractivity (Wildman–Crippen MR) is 53.1 cm³/mol. The van der Waals surface area contributed by atoms with E-state index in [1.807, 2.05) is 0 Å². The first-order chi connectivity index (χ1) is 5.90. The van der Waals surface area contributed by atoms with E-state index in [-0.39, 0.29) is 0 Å². The van der Waals surface area contributed by atoms with Gasteiger partial charge in [-0.1, -0.05) is 39.0 Å². The summed E-state index contributed by atoms with van der Waals surface area (Å²) in [4.78, 5) is 0. The molecule has 0 amide bonds. The van der Waals surface area contributed by atoms with E-state index in [4.69, 9.17) is 0 Å². The van der Waals surface area contributed by atoms with Crippen LogP contribution in [0.15, 0.2) is 0 Å². The molecule has 0 saturated heterocycles. The molecule has 0 nitrogen and oxygen atoms in total. The van der Waals surface area contributed by atoms with Crippen LogP contribution < -0.4 is 0 Å². The normalized spacial score (nSPS) is 36.8. The fraction of sp³-hybridized carbons (Fsp3) is 1.00. The van der Waals surface area contributed by atoms with Crippen molar-refractivity contribution in [2.24, 2.45) is 17.8 Å². The van der Waals surface area contributed by atoms with Gasteiger partial charge in [0, 0.05) is 0 Å². The Kier molecular flexibility index (Phi) is 2.73. The third-order valence-corrected chi connectivity index (χ3v) is 4.21. The summed E-state index contributed by atoms with van der Waals surface area (Å²) in [6.45, 7) is 2.37. The molecule has 0 heteroatoms. The fourth-order valence-corrected chi connectivity index (χ4v) is 3.16. The Morgan fingerprint density at radius 2 is 1.58 bits per heavy atom. The van der Waals surface area contributed by atoms with E-state index < -0.39 is 0 Å². The smallest absolute Gasteiger partial charge is 0.0383 e. The van der Waals surface area contributed by atoms with Gasteiger partial charge < -0.3 is 0 Å². The molecule has 0 aromatic carbocycles. The maximum absolute atomic E-state index is 2.37. The Morgan fingerprint density at radius 1 is 0.917 bits per heavy atom. The van der Waals surface area contributed by atoms with Crippen molar-refractivity contribution in [1.82, 2.24) is 0 Å². The van der Waals surface area contributed by atoms with Crippen LogP contribution in [0.1, 0.15) is 58.3 Å². The molecule has 0 N–H and O–H groups in total. The first-order valence-corrected chi connectivity index (χ1v) is 5.90. The van der Waals surface area contributed by atoms with Gasteiger partial charge in [-0.2, -0.15) is 0 Å². The quantitative estimate of drug-likeness (QED) is 0.594. The summed E-state index contributed by atoms with van der Waals surface area (Å²) in [6, 6.07) is 0. The van der Waals surface area contributed by atoms with Crippen LogP contribution in [-0.2, 0) is 0 Å².